The van der Waals surface area contributed by atoms with E-state index in [1.54, 1.807) is 10.9 Å². The molecule has 1 N–H and O–H groups in total. The molecule has 3 rings (SSSR count). The minimum Gasteiger partial charge on any atom is -0.348 e. The van der Waals surface area contributed by atoms with Crippen molar-refractivity contribution in [2.75, 3.05) is 5.32 Å². The molecule has 0 saturated heterocycles. The number of para-hydroxylation sites is 2. The molecule has 0 saturated carbocycles. The second kappa shape index (κ2) is 5.13. The normalized spacial score (nSPS) is 10.5. The van der Waals surface area contributed by atoms with Crippen LogP contribution in [0.3, 0.4) is 0 Å². The van der Waals surface area contributed by atoms with Gasteiger partial charge < -0.3 is 5.32 Å². The minimum atomic E-state index is -0.641. The molecule has 0 fully saturated rings. The van der Waals surface area contributed by atoms with Gasteiger partial charge in [-0.1, -0.05) is 24.3 Å². The molecule has 5 heteroatoms. The molecule has 1 heterocycles. The molecule has 0 amide bonds. The van der Waals surface area contributed by atoms with Gasteiger partial charge in [-0.15, -0.1) is 0 Å². The zero-order valence-corrected chi connectivity index (χ0v) is 10.4. The van der Waals surface area contributed by atoms with Gasteiger partial charge in [0.25, 0.3) is 0 Å². The van der Waals surface area contributed by atoms with Gasteiger partial charge in [0.2, 0.25) is 0 Å². The Labute approximate surface area is 114 Å². The number of hydrogen-bond acceptors (Lipinski definition) is 2. The highest BCUT2D eigenvalue weighted by atomic mass is 19.1. The first-order chi connectivity index (χ1) is 9.74. The molecule has 20 heavy (non-hydrogen) atoms. The number of halogens is 2. The number of hydrogen-bond donors (Lipinski definition) is 1. The summed E-state index contributed by atoms with van der Waals surface area (Å²) in [6, 6.07) is 13.2. The molecule has 100 valence electrons. The van der Waals surface area contributed by atoms with E-state index in [1.165, 1.54) is 24.4 Å². The third-order valence-corrected chi connectivity index (χ3v) is 2.84. The van der Waals surface area contributed by atoms with Crippen LogP contribution in [0.5, 0.6) is 0 Å². The van der Waals surface area contributed by atoms with Crippen LogP contribution in [0, 0.1) is 11.6 Å². The van der Waals surface area contributed by atoms with E-state index in [4.69, 9.17) is 0 Å². The Balaban J connectivity index is 1.88. The number of aromatic nitrogens is 2. The predicted molar refractivity (Wildman–Crippen MR) is 73.2 cm³/mol. The summed E-state index contributed by atoms with van der Waals surface area (Å²) in [7, 11) is 0. The van der Waals surface area contributed by atoms with Crippen molar-refractivity contribution < 1.29 is 8.78 Å². The van der Waals surface area contributed by atoms with Crippen molar-refractivity contribution in [2.45, 2.75) is 0 Å². The lowest BCUT2D eigenvalue weighted by Crippen LogP contribution is -1.96. The summed E-state index contributed by atoms with van der Waals surface area (Å²) in [6.45, 7) is 0. The average Bonchev–Trinajstić information content (AvgIpc) is 2.93. The van der Waals surface area contributed by atoms with Crippen LogP contribution < -0.4 is 5.32 Å². The third kappa shape index (κ3) is 2.38. The van der Waals surface area contributed by atoms with Crippen LogP contribution in [0.25, 0.3) is 5.69 Å². The van der Waals surface area contributed by atoms with E-state index in [-0.39, 0.29) is 5.69 Å². The Hall–Kier alpha value is -2.69. The van der Waals surface area contributed by atoms with E-state index in [9.17, 15) is 8.78 Å². The third-order valence-electron chi connectivity index (χ3n) is 2.84. The van der Waals surface area contributed by atoms with Gasteiger partial charge in [0.15, 0.2) is 0 Å². The lowest BCUT2D eigenvalue weighted by Gasteiger charge is -2.05. The lowest BCUT2D eigenvalue weighted by atomic mass is 10.3. The Morgan fingerprint density at radius 2 is 1.60 bits per heavy atom. The van der Waals surface area contributed by atoms with E-state index >= 15 is 0 Å². The minimum absolute atomic E-state index is 0.180. The predicted octanol–water partition coefficient (Wildman–Crippen LogP) is 3.89. The number of rotatable bonds is 3. The van der Waals surface area contributed by atoms with Crippen LogP contribution in [0.1, 0.15) is 0 Å². The molecule has 0 aliphatic heterocycles. The molecule has 2 aromatic carbocycles. The van der Waals surface area contributed by atoms with Crippen molar-refractivity contribution in [1.82, 2.24) is 9.78 Å². The van der Waals surface area contributed by atoms with Crippen molar-refractivity contribution in [3.8, 4) is 5.69 Å². The molecule has 0 aliphatic rings. The highest BCUT2D eigenvalue weighted by Crippen LogP contribution is 2.23. The molecule has 3 aromatic rings. The summed E-state index contributed by atoms with van der Waals surface area (Å²) < 4.78 is 28.7. The summed E-state index contributed by atoms with van der Waals surface area (Å²) in [5, 5.41) is 6.85. The molecule has 0 spiro atoms. The summed E-state index contributed by atoms with van der Waals surface area (Å²) in [4.78, 5) is 0. The second-order valence-electron chi connectivity index (χ2n) is 4.23. The van der Waals surface area contributed by atoms with E-state index in [2.05, 4.69) is 10.4 Å². The summed E-state index contributed by atoms with van der Waals surface area (Å²) >= 11 is 0. The van der Waals surface area contributed by atoms with Gasteiger partial charge in [0, 0.05) is 0 Å². The Morgan fingerprint density at radius 1 is 0.900 bits per heavy atom. The van der Waals surface area contributed by atoms with Crippen molar-refractivity contribution in [1.29, 1.82) is 0 Å². The average molecular weight is 271 g/mol. The zero-order valence-electron chi connectivity index (χ0n) is 10.4. The maximum atomic E-state index is 13.5. The number of benzene rings is 2. The van der Waals surface area contributed by atoms with Crippen LogP contribution in [-0.4, -0.2) is 9.78 Å². The topological polar surface area (TPSA) is 29.9 Å². The molecule has 0 radical (unpaired) electrons. The zero-order chi connectivity index (χ0) is 13.9. The fourth-order valence-electron chi connectivity index (χ4n) is 1.87. The van der Waals surface area contributed by atoms with E-state index in [0.29, 0.717) is 5.69 Å². The van der Waals surface area contributed by atoms with E-state index in [1.807, 2.05) is 30.3 Å². The maximum absolute atomic E-state index is 13.5. The highest BCUT2D eigenvalue weighted by molar-refractivity contribution is 5.59. The Bertz CT molecular complexity index is 703. The van der Waals surface area contributed by atoms with Gasteiger partial charge >= 0.3 is 0 Å². The molecular formula is C15H11F2N3. The first kappa shape index (κ1) is 12.3. The number of anilines is 2. The summed E-state index contributed by atoms with van der Waals surface area (Å²) in [5.41, 5.74) is 1.20. The lowest BCUT2D eigenvalue weighted by molar-refractivity contribution is 0.591. The highest BCUT2D eigenvalue weighted by Gasteiger charge is 2.09. The van der Waals surface area contributed by atoms with Crippen LogP contribution >= 0.6 is 0 Å². The molecule has 0 unspecified atom stereocenters. The van der Waals surface area contributed by atoms with Gasteiger partial charge in [-0.2, -0.15) is 5.10 Å². The van der Waals surface area contributed by atoms with Crippen molar-refractivity contribution in [3.63, 3.8) is 0 Å². The maximum Gasteiger partial charge on any atom is 0.149 e. The molecular weight excluding hydrogens is 260 g/mol. The summed E-state index contributed by atoms with van der Waals surface area (Å²) in [5.74, 6) is -1.28. The first-order valence-corrected chi connectivity index (χ1v) is 6.05. The van der Waals surface area contributed by atoms with Gasteiger partial charge in [0.1, 0.15) is 17.3 Å². The monoisotopic (exact) mass is 271 g/mol. The number of nitrogens with one attached hydrogen (secondary N) is 1. The van der Waals surface area contributed by atoms with Gasteiger partial charge in [-0.05, 0) is 24.3 Å². The van der Waals surface area contributed by atoms with Crippen molar-refractivity contribution in [3.05, 3.63) is 72.6 Å². The van der Waals surface area contributed by atoms with Crippen LogP contribution in [0.15, 0.2) is 60.9 Å². The van der Waals surface area contributed by atoms with Crippen molar-refractivity contribution in [2.24, 2.45) is 0 Å². The molecule has 1 aromatic heterocycles. The van der Waals surface area contributed by atoms with Crippen LogP contribution in [0.4, 0.5) is 20.2 Å². The Morgan fingerprint density at radius 3 is 2.30 bits per heavy atom. The molecule has 3 nitrogen and oxygen atoms in total. The van der Waals surface area contributed by atoms with Gasteiger partial charge in [-0.3, -0.25) is 0 Å². The van der Waals surface area contributed by atoms with Crippen LogP contribution in [-0.2, 0) is 0 Å². The van der Waals surface area contributed by atoms with E-state index in [0.717, 1.165) is 5.69 Å². The molecule has 0 atom stereocenters. The Kier molecular flexibility index (Phi) is 3.16. The number of nitrogens with zero attached hydrogens (tertiary/aromatic N) is 2. The quantitative estimate of drug-likeness (QED) is 0.783. The standard InChI is InChI=1S/C15H11F2N3/c16-13-7-4-8-14(17)15(13)19-11-9-18-20(10-11)12-5-2-1-3-6-12/h1-10,19H. The first-order valence-electron chi connectivity index (χ1n) is 6.05. The smallest absolute Gasteiger partial charge is 0.149 e. The van der Waals surface area contributed by atoms with E-state index < -0.39 is 11.6 Å². The fraction of sp³-hybridized carbons (Fsp3) is 0. The fourth-order valence-corrected chi connectivity index (χ4v) is 1.87. The largest absolute Gasteiger partial charge is 0.348 e. The molecule has 0 aliphatic carbocycles. The van der Waals surface area contributed by atoms with Gasteiger partial charge in [-0.25, -0.2) is 13.5 Å². The second-order valence-corrected chi connectivity index (χ2v) is 4.23. The summed E-state index contributed by atoms with van der Waals surface area (Å²) in [6.07, 6.45) is 3.18. The van der Waals surface area contributed by atoms with Crippen LogP contribution in [0.2, 0.25) is 0 Å². The molecule has 0 bridgehead atoms. The van der Waals surface area contributed by atoms with Crippen molar-refractivity contribution >= 4 is 11.4 Å². The SMILES string of the molecule is Fc1cccc(F)c1Nc1cnn(-c2ccccc2)c1. The van der Waals surface area contributed by atoms with Gasteiger partial charge in [0.05, 0.1) is 23.8 Å².